The lowest BCUT2D eigenvalue weighted by Crippen LogP contribution is -2.53. The summed E-state index contributed by atoms with van der Waals surface area (Å²) in [6.45, 7) is 13.1. The lowest BCUT2D eigenvalue weighted by Gasteiger charge is -2.38. The fourth-order valence-electron chi connectivity index (χ4n) is 6.08. The summed E-state index contributed by atoms with van der Waals surface area (Å²) in [5.74, 6) is 0.208. The number of ether oxygens (including phenoxy) is 1. The number of carbonyl (C=O) groups excluding carboxylic acids is 2. The molecule has 3 atom stereocenters. The van der Waals surface area contributed by atoms with Crippen LogP contribution in [0.3, 0.4) is 0 Å². The van der Waals surface area contributed by atoms with Gasteiger partial charge >= 0.3 is 6.09 Å². The first kappa shape index (κ1) is 34.0. The van der Waals surface area contributed by atoms with Crippen LogP contribution in [0.5, 0.6) is 0 Å². The molecule has 47 heavy (non-hydrogen) atoms. The molecular weight excluding hydrogens is 612 g/mol. The van der Waals surface area contributed by atoms with Gasteiger partial charge in [0.05, 0.1) is 22.8 Å². The minimum Gasteiger partial charge on any atom is -0.444 e. The number of anilines is 2. The van der Waals surface area contributed by atoms with Gasteiger partial charge < -0.3 is 25.6 Å². The predicted molar refractivity (Wildman–Crippen MR) is 189 cm³/mol. The number of piperidine rings is 1. The molecule has 10 heteroatoms. The first-order chi connectivity index (χ1) is 22.5. The second-order valence-corrected chi connectivity index (χ2v) is 13.7. The molecule has 1 fully saturated rings. The summed E-state index contributed by atoms with van der Waals surface area (Å²) in [4.78, 5) is 37.7. The summed E-state index contributed by atoms with van der Waals surface area (Å²) < 4.78 is 5.70. The third-order valence-electron chi connectivity index (χ3n) is 8.41. The van der Waals surface area contributed by atoms with E-state index in [1.165, 1.54) is 5.56 Å². The zero-order valence-corrected chi connectivity index (χ0v) is 28.4. The van der Waals surface area contributed by atoms with Crippen LogP contribution >= 0.6 is 11.6 Å². The number of amides is 2. The summed E-state index contributed by atoms with van der Waals surface area (Å²) >= 11 is 6.71. The summed E-state index contributed by atoms with van der Waals surface area (Å²) in [7, 11) is 0. The van der Waals surface area contributed by atoms with E-state index in [4.69, 9.17) is 21.3 Å². The van der Waals surface area contributed by atoms with Crippen LogP contribution in [0.15, 0.2) is 73.5 Å². The van der Waals surface area contributed by atoms with Crippen molar-refractivity contribution in [3.05, 3.63) is 101 Å². The summed E-state index contributed by atoms with van der Waals surface area (Å²) in [6, 6.07) is 16.0. The van der Waals surface area contributed by atoms with E-state index < -0.39 is 17.6 Å². The van der Waals surface area contributed by atoms with E-state index in [2.05, 4.69) is 58.7 Å². The summed E-state index contributed by atoms with van der Waals surface area (Å²) in [5, 5.41) is 10.2. The number of likely N-dealkylation sites (tertiary alicyclic amines) is 1. The van der Waals surface area contributed by atoms with Gasteiger partial charge in [0.15, 0.2) is 0 Å². The minimum atomic E-state index is -0.670. The zero-order chi connectivity index (χ0) is 33.6. The van der Waals surface area contributed by atoms with Crippen LogP contribution in [0.1, 0.15) is 75.3 Å². The zero-order valence-electron chi connectivity index (χ0n) is 27.7. The van der Waals surface area contributed by atoms with Crippen molar-refractivity contribution < 1.29 is 14.3 Å². The molecule has 0 bridgehead atoms. The molecule has 0 radical (unpaired) electrons. The van der Waals surface area contributed by atoms with Crippen LogP contribution in [0.25, 0.3) is 5.57 Å². The third kappa shape index (κ3) is 8.92. The molecule has 2 aliphatic rings. The van der Waals surface area contributed by atoms with Gasteiger partial charge in [-0.3, -0.25) is 4.79 Å². The van der Waals surface area contributed by atoms with Crippen LogP contribution in [-0.2, 0) is 16.1 Å². The lowest BCUT2D eigenvalue weighted by molar-refractivity contribution is -0.126. The number of allylic oxidation sites excluding steroid dienone is 1. The molecule has 3 N–H and O–H groups in total. The van der Waals surface area contributed by atoms with Crippen LogP contribution in [0.4, 0.5) is 16.4 Å². The van der Waals surface area contributed by atoms with Crippen molar-refractivity contribution in [3.8, 4) is 0 Å². The van der Waals surface area contributed by atoms with E-state index >= 15 is 0 Å². The number of fused-ring (bicyclic) bond motifs is 1. The van der Waals surface area contributed by atoms with E-state index in [0.717, 1.165) is 35.2 Å². The van der Waals surface area contributed by atoms with Crippen molar-refractivity contribution in [2.24, 2.45) is 5.92 Å². The molecule has 2 amide bonds. The quantitative estimate of drug-likeness (QED) is 0.206. The molecule has 1 aliphatic carbocycles. The predicted octanol–water partition coefficient (Wildman–Crippen LogP) is 7.41. The highest BCUT2D eigenvalue weighted by Gasteiger charge is 2.36. The Morgan fingerprint density at radius 1 is 1.13 bits per heavy atom. The maximum Gasteiger partial charge on any atom is 0.410 e. The maximum absolute atomic E-state index is 13.5. The van der Waals surface area contributed by atoms with Gasteiger partial charge in [0.2, 0.25) is 11.9 Å². The van der Waals surface area contributed by atoms with Crippen molar-refractivity contribution in [2.45, 2.75) is 71.1 Å². The summed E-state index contributed by atoms with van der Waals surface area (Å²) in [5.41, 5.74) is 5.33. The topological polar surface area (TPSA) is 108 Å². The van der Waals surface area contributed by atoms with Crippen LogP contribution in [-0.4, -0.2) is 58.1 Å². The fourth-order valence-corrected chi connectivity index (χ4v) is 6.27. The number of carbonyl (C=O) groups is 2. The van der Waals surface area contributed by atoms with Gasteiger partial charge in [0.1, 0.15) is 5.60 Å². The molecule has 0 spiro atoms. The normalized spacial score (nSPS) is 19.5. The number of aromatic nitrogens is 2. The van der Waals surface area contributed by atoms with Gasteiger partial charge in [0.25, 0.3) is 0 Å². The highest BCUT2D eigenvalue weighted by atomic mass is 35.5. The average Bonchev–Trinajstić information content (AvgIpc) is 3.21. The molecule has 1 aromatic heterocycles. The smallest absolute Gasteiger partial charge is 0.410 e. The molecule has 2 heterocycles. The number of hydrogen-bond donors (Lipinski definition) is 3. The van der Waals surface area contributed by atoms with Gasteiger partial charge in [-0.2, -0.15) is 0 Å². The van der Waals surface area contributed by atoms with E-state index in [-0.39, 0.29) is 18.5 Å². The number of nitrogens with zero attached hydrogens (tertiary/aromatic N) is 3. The largest absolute Gasteiger partial charge is 0.444 e. The van der Waals surface area contributed by atoms with Crippen LogP contribution in [0.2, 0.25) is 5.02 Å². The second kappa shape index (κ2) is 15.0. The second-order valence-electron chi connectivity index (χ2n) is 13.3. The van der Waals surface area contributed by atoms with Crippen molar-refractivity contribution in [3.63, 3.8) is 0 Å². The molecule has 248 valence electrons. The number of rotatable bonds is 9. The summed E-state index contributed by atoms with van der Waals surface area (Å²) in [6.07, 6.45) is 7.59. The fraction of sp³-hybridized carbons (Fsp3) is 0.405. The Labute approximate surface area is 282 Å². The van der Waals surface area contributed by atoms with E-state index in [1.54, 1.807) is 17.2 Å². The van der Waals surface area contributed by atoms with E-state index in [0.29, 0.717) is 48.6 Å². The molecule has 2 aromatic carbocycles. The molecule has 5 rings (SSSR count). The molecule has 1 saturated heterocycles. The van der Waals surface area contributed by atoms with Gasteiger partial charge in [-0.15, -0.1) is 6.58 Å². The van der Waals surface area contributed by atoms with Gasteiger partial charge in [-0.05, 0) is 74.8 Å². The minimum absolute atomic E-state index is 0.133. The van der Waals surface area contributed by atoms with E-state index in [1.807, 2.05) is 51.1 Å². The highest BCUT2D eigenvalue weighted by Crippen LogP contribution is 2.38. The van der Waals surface area contributed by atoms with Gasteiger partial charge in [-0.1, -0.05) is 67.1 Å². The standard InChI is InChI=1S/C37H45ClN6O3/c1-6-18-39-27-16-14-25(15-17-27)20-40-34(45)26-19-28(23-44(22-26)36(46)47-37(3,4)5)42-35-41-21-32(38)33(43-35)31-13-9-10-24(2)29-11-7-8-12-30(29)31/h6-8,11-17,21,24,26,28,39H,1,9-10,18-20,22-23H2,2-5H3,(H,40,45)(H,41,42,43). The number of hydrogen-bond acceptors (Lipinski definition) is 7. The van der Waals surface area contributed by atoms with Crippen molar-refractivity contribution in [1.29, 1.82) is 0 Å². The van der Waals surface area contributed by atoms with Crippen molar-refractivity contribution >= 4 is 40.8 Å². The molecule has 3 aromatic rings. The molecule has 0 saturated carbocycles. The van der Waals surface area contributed by atoms with E-state index in [9.17, 15) is 9.59 Å². The van der Waals surface area contributed by atoms with Gasteiger partial charge in [0, 0.05) is 43.5 Å². The first-order valence-corrected chi connectivity index (χ1v) is 16.7. The Hall–Kier alpha value is -4.37. The average molecular weight is 657 g/mol. The Kier molecular flexibility index (Phi) is 10.9. The van der Waals surface area contributed by atoms with Crippen molar-refractivity contribution in [2.75, 3.05) is 30.3 Å². The Morgan fingerprint density at radius 2 is 1.89 bits per heavy atom. The Bertz CT molecular complexity index is 1620. The monoisotopic (exact) mass is 656 g/mol. The van der Waals surface area contributed by atoms with Gasteiger partial charge in [-0.25, -0.2) is 14.8 Å². The molecule has 3 unspecified atom stereocenters. The SMILES string of the molecule is C=CCNc1ccc(CNC(=O)C2CC(Nc3ncc(Cl)c(C4=CCCC(C)c5ccccc54)n3)CN(C(=O)OC(C)(C)C)C2)cc1. The molecule has 1 aliphatic heterocycles. The van der Waals surface area contributed by atoms with Crippen LogP contribution in [0, 0.1) is 5.92 Å². The number of nitrogens with one attached hydrogen (secondary N) is 3. The van der Waals surface area contributed by atoms with Crippen LogP contribution < -0.4 is 16.0 Å². The molecular formula is C37H45ClN6O3. The third-order valence-corrected chi connectivity index (χ3v) is 8.68. The molecule has 9 nitrogen and oxygen atoms in total. The number of halogens is 1. The number of benzene rings is 2. The highest BCUT2D eigenvalue weighted by molar-refractivity contribution is 6.32. The Morgan fingerprint density at radius 3 is 2.64 bits per heavy atom. The first-order valence-electron chi connectivity index (χ1n) is 16.3. The Balaban J connectivity index is 1.33. The maximum atomic E-state index is 13.5. The lowest BCUT2D eigenvalue weighted by atomic mass is 9.91. The van der Waals surface area contributed by atoms with Crippen molar-refractivity contribution in [1.82, 2.24) is 20.2 Å².